The molecule has 0 aromatic heterocycles. The average Bonchev–Trinajstić information content (AvgIpc) is 2.92. The maximum absolute atomic E-state index is 12.4. The first kappa shape index (κ1) is 28.1. The normalized spacial score (nSPS) is 13.3. The summed E-state index contributed by atoms with van der Waals surface area (Å²) in [5.74, 6) is -0.0324. The molecule has 3 rings (SSSR count). The van der Waals surface area contributed by atoms with Gasteiger partial charge in [-0.1, -0.05) is 45.4 Å². The van der Waals surface area contributed by atoms with Gasteiger partial charge >= 0.3 is 0 Å². The summed E-state index contributed by atoms with van der Waals surface area (Å²) in [7, 11) is 0. The average molecular weight is 525 g/mol. The molecule has 8 nitrogen and oxygen atoms in total. The second-order valence-corrected chi connectivity index (χ2v) is 9.61. The van der Waals surface area contributed by atoms with Gasteiger partial charge in [-0.05, 0) is 80.0 Å². The molecular weight excluding hydrogens is 488 g/mol. The molecule has 0 radical (unpaired) electrons. The van der Waals surface area contributed by atoms with Crippen LogP contribution < -0.4 is 26.2 Å². The molecule has 2 aromatic rings. The highest BCUT2D eigenvalue weighted by Crippen LogP contribution is 2.25. The van der Waals surface area contributed by atoms with Crippen molar-refractivity contribution in [2.45, 2.75) is 64.7 Å². The van der Waals surface area contributed by atoms with Gasteiger partial charge in [-0.25, -0.2) is 0 Å². The van der Waals surface area contributed by atoms with Crippen molar-refractivity contribution in [3.63, 3.8) is 0 Å². The molecule has 1 saturated carbocycles. The van der Waals surface area contributed by atoms with Crippen LogP contribution in [0.15, 0.2) is 48.5 Å². The number of ether oxygens (including phenoxy) is 1. The summed E-state index contributed by atoms with van der Waals surface area (Å²) in [4.78, 5) is 37.2. The standard InChI is InChI=1S/C28H36N4O4S/c1-2-3-4-8-19-36-24-17-13-21(14-18-24)26(34)30-28(37)32-31-27(35)22-11-15-23(16-12-22)29-25(33)20-9-6-5-7-10-20/h11-18,20H,2-10,19H2,1H3,(H,29,33)(H,31,35)(H2,30,32,34,37). The van der Waals surface area contributed by atoms with E-state index in [-0.39, 0.29) is 16.9 Å². The third-order valence-electron chi connectivity index (χ3n) is 6.29. The molecule has 0 heterocycles. The number of amides is 3. The number of benzene rings is 2. The van der Waals surface area contributed by atoms with Crippen LogP contribution in [0.5, 0.6) is 5.75 Å². The third kappa shape index (κ3) is 9.49. The Kier molecular flexibility index (Phi) is 11.4. The summed E-state index contributed by atoms with van der Waals surface area (Å²) in [6.45, 7) is 2.82. The third-order valence-corrected chi connectivity index (χ3v) is 6.49. The lowest BCUT2D eigenvalue weighted by Crippen LogP contribution is -2.48. The second-order valence-electron chi connectivity index (χ2n) is 9.20. The van der Waals surface area contributed by atoms with Crippen molar-refractivity contribution in [2.24, 2.45) is 5.92 Å². The van der Waals surface area contributed by atoms with Gasteiger partial charge in [0.05, 0.1) is 6.61 Å². The molecule has 0 aliphatic heterocycles. The first-order valence-corrected chi connectivity index (χ1v) is 13.4. The Bertz CT molecular complexity index is 1050. The predicted molar refractivity (Wildman–Crippen MR) is 148 cm³/mol. The van der Waals surface area contributed by atoms with Crippen LogP contribution in [0, 0.1) is 5.92 Å². The zero-order valence-electron chi connectivity index (χ0n) is 21.3. The molecule has 1 fully saturated rings. The van der Waals surface area contributed by atoms with E-state index in [1.54, 1.807) is 48.5 Å². The van der Waals surface area contributed by atoms with Crippen molar-refractivity contribution >= 4 is 40.7 Å². The zero-order valence-corrected chi connectivity index (χ0v) is 22.1. The highest BCUT2D eigenvalue weighted by atomic mass is 32.1. The van der Waals surface area contributed by atoms with E-state index in [2.05, 4.69) is 28.4 Å². The van der Waals surface area contributed by atoms with E-state index in [1.165, 1.54) is 19.3 Å². The lowest BCUT2D eigenvalue weighted by Gasteiger charge is -2.20. The van der Waals surface area contributed by atoms with Crippen molar-refractivity contribution < 1.29 is 19.1 Å². The molecule has 0 atom stereocenters. The van der Waals surface area contributed by atoms with E-state index >= 15 is 0 Å². The van der Waals surface area contributed by atoms with Crippen molar-refractivity contribution in [2.75, 3.05) is 11.9 Å². The minimum absolute atomic E-state index is 0.0317. The Balaban J connectivity index is 1.38. The molecule has 0 bridgehead atoms. The summed E-state index contributed by atoms with van der Waals surface area (Å²) in [6.07, 6.45) is 9.74. The predicted octanol–water partition coefficient (Wildman–Crippen LogP) is 5.11. The maximum Gasteiger partial charge on any atom is 0.269 e. The molecule has 4 N–H and O–H groups in total. The number of thiocarbonyl (C=S) groups is 1. The van der Waals surface area contributed by atoms with Gasteiger partial charge in [-0.2, -0.15) is 0 Å². The molecular formula is C28H36N4O4S. The number of nitrogens with one attached hydrogen (secondary N) is 4. The molecule has 3 amide bonds. The Morgan fingerprint density at radius 3 is 2.16 bits per heavy atom. The van der Waals surface area contributed by atoms with E-state index < -0.39 is 11.8 Å². The SMILES string of the molecule is CCCCCCOc1ccc(C(=O)NC(=S)NNC(=O)c2ccc(NC(=O)C3CCCCC3)cc2)cc1. The van der Waals surface area contributed by atoms with Gasteiger partial charge in [0, 0.05) is 22.7 Å². The van der Waals surface area contributed by atoms with Crippen LogP contribution in [0.4, 0.5) is 5.69 Å². The van der Waals surface area contributed by atoms with Crippen LogP contribution in [0.3, 0.4) is 0 Å². The van der Waals surface area contributed by atoms with Gasteiger partial charge < -0.3 is 10.1 Å². The van der Waals surface area contributed by atoms with E-state index in [0.717, 1.165) is 38.5 Å². The largest absolute Gasteiger partial charge is 0.494 e. The fraction of sp³-hybridized carbons (Fsp3) is 0.429. The van der Waals surface area contributed by atoms with Gasteiger partial charge in [0.15, 0.2) is 5.11 Å². The highest BCUT2D eigenvalue weighted by Gasteiger charge is 2.21. The first-order valence-electron chi connectivity index (χ1n) is 13.0. The monoisotopic (exact) mass is 524 g/mol. The number of hydrogen-bond acceptors (Lipinski definition) is 5. The Morgan fingerprint density at radius 2 is 1.49 bits per heavy atom. The van der Waals surface area contributed by atoms with E-state index in [1.807, 2.05) is 0 Å². The van der Waals surface area contributed by atoms with E-state index in [4.69, 9.17) is 17.0 Å². The second kappa shape index (κ2) is 14.9. The highest BCUT2D eigenvalue weighted by molar-refractivity contribution is 7.80. The van der Waals surface area contributed by atoms with Gasteiger partial charge in [0.2, 0.25) is 5.91 Å². The minimum Gasteiger partial charge on any atom is -0.494 e. The smallest absolute Gasteiger partial charge is 0.269 e. The summed E-state index contributed by atoms with van der Waals surface area (Å²) >= 11 is 5.12. The van der Waals surface area contributed by atoms with Crippen molar-refractivity contribution in [1.29, 1.82) is 0 Å². The van der Waals surface area contributed by atoms with Crippen LogP contribution in [-0.4, -0.2) is 29.4 Å². The quantitative estimate of drug-likeness (QED) is 0.195. The van der Waals surface area contributed by atoms with Crippen molar-refractivity contribution in [1.82, 2.24) is 16.2 Å². The Labute approximate surface area is 223 Å². The molecule has 2 aromatic carbocycles. The van der Waals surface area contributed by atoms with E-state index in [0.29, 0.717) is 29.2 Å². The topological polar surface area (TPSA) is 109 Å². The zero-order chi connectivity index (χ0) is 26.5. The van der Waals surface area contributed by atoms with E-state index in [9.17, 15) is 14.4 Å². The number of carbonyl (C=O) groups is 3. The van der Waals surface area contributed by atoms with Crippen LogP contribution in [0.2, 0.25) is 0 Å². The number of hydrogen-bond donors (Lipinski definition) is 4. The van der Waals surface area contributed by atoms with Crippen LogP contribution >= 0.6 is 12.2 Å². The number of rotatable bonds is 10. The number of anilines is 1. The fourth-order valence-corrected chi connectivity index (χ4v) is 4.27. The fourth-order valence-electron chi connectivity index (χ4n) is 4.13. The molecule has 198 valence electrons. The van der Waals surface area contributed by atoms with Gasteiger partial charge in [0.25, 0.3) is 11.8 Å². The summed E-state index contributed by atoms with van der Waals surface area (Å²) < 4.78 is 5.69. The number of hydrazine groups is 1. The Hall–Kier alpha value is -3.46. The molecule has 0 unspecified atom stereocenters. The lowest BCUT2D eigenvalue weighted by molar-refractivity contribution is -0.120. The van der Waals surface area contributed by atoms with Crippen molar-refractivity contribution in [3.05, 3.63) is 59.7 Å². The van der Waals surface area contributed by atoms with Gasteiger partial charge in [-0.3, -0.25) is 30.6 Å². The molecule has 9 heteroatoms. The number of unbranched alkanes of at least 4 members (excludes halogenated alkanes) is 3. The van der Waals surface area contributed by atoms with Crippen LogP contribution in [-0.2, 0) is 4.79 Å². The minimum atomic E-state index is -0.429. The molecule has 1 aliphatic carbocycles. The Morgan fingerprint density at radius 1 is 0.838 bits per heavy atom. The van der Waals surface area contributed by atoms with Gasteiger partial charge in [0.1, 0.15) is 5.75 Å². The maximum atomic E-state index is 12.4. The summed E-state index contributed by atoms with van der Waals surface area (Å²) in [5, 5.41) is 5.42. The van der Waals surface area contributed by atoms with Gasteiger partial charge in [-0.15, -0.1) is 0 Å². The molecule has 1 aliphatic rings. The number of carbonyl (C=O) groups excluding carboxylic acids is 3. The van der Waals surface area contributed by atoms with Crippen LogP contribution in [0.25, 0.3) is 0 Å². The summed E-state index contributed by atoms with van der Waals surface area (Å²) in [6, 6.07) is 13.4. The first-order chi connectivity index (χ1) is 18.0. The molecule has 0 saturated heterocycles. The molecule has 37 heavy (non-hydrogen) atoms. The van der Waals surface area contributed by atoms with Crippen LogP contribution in [0.1, 0.15) is 85.4 Å². The summed E-state index contributed by atoms with van der Waals surface area (Å²) in [5.41, 5.74) is 6.44. The van der Waals surface area contributed by atoms with Crippen molar-refractivity contribution in [3.8, 4) is 5.75 Å². The lowest BCUT2D eigenvalue weighted by atomic mass is 9.88. The molecule has 0 spiro atoms.